The lowest BCUT2D eigenvalue weighted by Gasteiger charge is -2.38. The molecule has 0 aliphatic carbocycles. The summed E-state index contributed by atoms with van der Waals surface area (Å²) >= 11 is 0. The third-order valence-electron chi connectivity index (χ3n) is 5.23. The molecule has 2 rings (SSSR count). The first-order valence-electron chi connectivity index (χ1n) is 11.7. The Labute approximate surface area is 213 Å². The highest BCUT2D eigenvalue weighted by atomic mass is 32.2. The molecule has 0 fully saturated rings. The van der Waals surface area contributed by atoms with E-state index in [2.05, 4.69) is 5.32 Å². The molecule has 2 aromatic carbocycles. The van der Waals surface area contributed by atoms with E-state index in [1.54, 1.807) is 45.0 Å². The van der Waals surface area contributed by atoms with E-state index in [-0.39, 0.29) is 23.8 Å². The fourth-order valence-corrected chi connectivity index (χ4v) is 4.98. The number of carbonyl (C=O) groups excluding carboxylic acids is 1. The Kier molecular flexibility index (Phi) is 9.90. The second-order valence-electron chi connectivity index (χ2n) is 9.99. The summed E-state index contributed by atoms with van der Waals surface area (Å²) in [6.07, 6.45) is -2.62. The Bertz CT molecular complexity index is 1080. The number of hydrogen-bond donors (Lipinski definition) is 3. The third-order valence-corrected chi connectivity index (χ3v) is 7.32. The molecule has 0 radical (unpaired) electrons. The number of sulfone groups is 1. The molecule has 0 heterocycles. The average molecular weight is 523 g/mol. The first-order valence-corrected chi connectivity index (χ1v) is 13.2. The number of hydrogen-bond acceptors (Lipinski definition) is 8. The summed E-state index contributed by atoms with van der Waals surface area (Å²) in [7, 11) is -3.01. The van der Waals surface area contributed by atoms with Crippen molar-refractivity contribution < 1.29 is 32.5 Å². The van der Waals surface area contributed by atoms with Crippen LogP contribution in [-0.2, 0) is 25.7 Å². The molecule has 36 heavy (non-hydrogen) atoms. The highest BCUT2D eigenvalue weighted by molar-refractivity contribution is 7.92. The number of aliphatic hydroxyl groups excluding tert-OH is 1. The Balaban J connectivity index is 2.53. The molecule has 0 saturated heterocycles. The Morgan fingerprint density at radius 1 is 1.06 bits per heavy atom. The molecule has 10 heteroatoms. The highest BCUT2D eigenvalue weighted by Gasteiger charge is 2.52. The number of amides is 1. The normalized spacial score (nSPS) is 15.6. The molecular weight excluding hydrogens is 484 g/mol. The molecule has 4 N–H and O–H groups in total. The number of carbonyl (C=O) groups is 1. The predicted octanol–water partition coefficient (Wildman–Crippen LogP) is 3.25. The standard InChI is InChI=1S/C26H38N2O7S/c1-18(2)17-34-26(27,36(31,32)21-14-12-20(33-6)13-15-21)23(29)22(16-19-10-8-7-9-11-19)28-24(30)35-25(3,4)5/h7-15,18,22-23,29H,16-17,27H2,1-6H3,(H,28,30)/t22-,23+,26?/m0/s1. The zero-order valence-corrected chi connectivity index (χ0v) is 22.5. The van der Waals surface area contributed by atoms with Crippen LogP contribution in [0, 0.1) is 5.92 Å². The minimum Gasteiger partial charge on any atom is -0.497 e. The van der Waals surface area contributed by atoms with Gasteiger partial charge in [0.25, 0.3) is 5.06 Å². The van der Waals surface area contributed by atoms with E-state index in [1.165, 1.54) is 31.4 Å². The second-order valence-corrected chi connectivity index (χ2v) is 12.1. The summed E-state index contributed by atoms with van der Waals surface area (Å²) in [4.78, 5) is 12.5. The van der Waals surface area contributed by atoms with Crippen molar-refractivity contribution >= 4 is 15.9 Å². The lowest BCUT2D eigenvalue weighted by molar-refractivity contribution is -0.0858. The van der Waals surface area contributed by atoms with Crippen LogP contribution in [0.5, 0.6) is 5.75 Å². The quantitative estimate of drug-likeness (QED) is 0.383. The average Bonchev–Trinajstić information content (AvgIpc) is 2.81. The minimum atomic E-state index is -4.47. The summed E-state index contributed by atoms with van der Waals surface area (Å²) in [5.41, 5.74) is 6.38. The van der Waals surface area contributed by atoms with Gasteiger partial charge >= 0.3 is 6.09 Å². The van der Waals surface area contributed by atoms with Crippen LogP contribution in [0.4, 0.5) is 4.79 Å². The van der Waals surface area contributed by atoms with Crippen LogP contribution in [0.15, 0.2) is 59.5 Å². The van der Waals surface area contributed by atoms with E-state index in [9.17, 15) is 18.3 Å². The van der Waals surface area contributed by atoms with Crippen LogP contribution in [0.25, 0.3) is 0 Å². The monoisotopic (exact) mass is 522 g/mol. The molecule has 1 unspecified atom stereocenters. The highest BCUT2D eigenvalue weighted by Crippen LogP contribution is 2.30. The lowest BCUT2D eigenvalue weighted by Crippen LogP contribution is -2.66. The van der Waals surface area contributed by atoms with Gasteiger partial charge in [0.2, 0.25) is 9.84 Å². The smallest absolute Gasteiger partial charge is 0.407 e. The number of rotatable bonds is 11. The summed E-state index contributed by atoms with van der Waals surface area (Å²) in [6.45, 7) is 8.70. The van der Waals surface area contributed by atoms with Gasteiger partial charge in [0.15, 0.2) is 0 Å². The third kappa shape index (κ3) is 7.67. The van der Waals surface area contributed by atoms with E-state index in [1.807, 2.05) is 19.9 Å². The number of benzene rings is 2. The summed E-state index contributed by atoms with van der Waals surface area (Å²) in [5, 5.41) is 11.5. The van der Waals surface area contributed by atoms with Gasteiger partial charge in [-0.15, -0.1) is 0 Å². The zero-order valence-electron chi connectivity index (χ0n) is 21.7. The van der Waals surface area contributed by atoms with Crippen molar-refractivity contribution in [3.05, 3.63) is 60.2 Å². The molecule has 0 spiro atoms. The summed E-state index contributed by atoms with van der Waals surface area (Å²) < 4.78 is 43.8. The van der Waals surface area contributed by atoms with Gasteiger partial charge in [0.1, 0.15) is 17.5 Å². The van der Waals surface area contributed by atoms with Gasteiger partial charge in [-0.2, -0.15) is 0 Å². The molecule has 0 bridgehead atoms. The topological polar surface area (TPSA) is 137 Å². The number of methoxy groups -OCH3 is 1. The van der Waals surface area contributed by atoms with Crippen molar-refractivity contribution in [3.8, 4) is 5.75 Å². The first kappa shape index (κ1) is 29.6. The van der Waals surface area contributed by atoms with Crippen molar-refractivity contribution in [2.45, 2.75) is 68.7 Å². The van der Waals surface area contributed by atoms with Gasteiger partial charge in [-0.25, -0.2) is 13.2 Å². The van der Waals surface area contributed by atoms with Gasteiger partial charge in [-0.05, 0) is 62.9 Å². The molecule has 200 valence electrons. The minimum absolute atomic E-state index is 0.0482. The SMILES string of the molecule is COc1ccc(S(=O)(=O)C(N)(OCC(C)C)[C@H](O)[C@H](Cc2ccccc2)NC(=O)OC(C)(C)C)cc1. The number of aliphatic hydroxyl groups is 1. The van der Waals surface area contributed by atoms with Crippen LogP contribution < -0.4 is 15.8 Å². The van der Waals surface area contributed by atoms with Gasteiger partial charge in [-0.1, -0.05) is 44.2 Å². The molecule has 0 aliphatic heterocycles. The fraction of sp³-hybridized carbons (Fsp3) is 0.500. The van der Waals surface area contributed by atoms with Gasteiger partial charge in [0, 0.05) is 0 Å². The molecule has 9 nitrogen and oxygen atoms in total. The Hall–Kier alpha value is -2.66. The maximum atomic E-state index is 13.8. The van der Waals surface area contributed by atoms with Crippen molar-refractivity contribution in [2.24, 2.45) is 11.7 Å². The van der Waals surface area contributed by atoms with Crippen LogP contribution in [0.2, 0.25) is 0 Å². The van der Waals surface area contributed by atoms with Crippen molar-refractivity contribution in [1.82, 2.24) is 5.32 Å². The summed E-state index contributed by atoms with van der Waals surface area (Å²) in [6, 6.07) is 13.4. The van der Waals surface area contributed by atoms with Gasteiger partial charge in [0.05, 0.1) is 24.7 Å². The zero-order chi connectivity index (χ0) is 27.1. The molecule has 1 amide bonds. The predicted molar refractivity (Wildman–Crippen MR) is 137 cm³/mol. The van der Waals surface area contributed by atoms with Crippen molar-refractivity contribution in [2.75, 3.05) is 13.7 Å². The van der Waals surface area contributed by atoms with Crippen LogP contribution in [0.3, 0.4) is 0 Å². The molecule has 2 aromatic rings. The largest absolute Gasteiger partial charge is 0.497 e. The number of nitrogens with one attached hydrogen (secondary N) is 1. The molecule has 3 atom stereocenters. The Morgan fingerprint density at radius 2 is 1.64 bits per heavy atom. The second kappa shape index (κ2) is 12.1. The van der Waals surface area contributed by atoms with E-state index < -0.39 is 38.7 Å². The fourth-order valence-electron chi connectivity index (χ4n) is 3.41. The number of alkyl carbamates (subject to hydrolysis) is 1. The van der Waals surface area contributed by atoms with Crippen molar-refractivity contribution in [3.63, 3.8) is 0 Å². The molecule has 0 aliphatic rings. The lowest BCUT2D eigenvalue weighted by atomic mass is 10.00. The van der Waals surface area contributed by atoms with Gasteiger partial charge in [-0.3, -0.25) is 5.73 Å². The van der Waals surface area contributed by atoms with Crippen molar-refractivity contribution in [1.29, 1.82) is 0 Å². The van der Waals surface area contributed by atoms with E-state index >= 15 is 0 Å². The first-order chi connectivity index (χ1) is 16.7. The van der Waals surface area contributed by atoms with E-state index in [4.69, 9.17) is 19.9 Å². The maximum Gasteiger partial charge on any atom is 0.407 e. The molecule has 0 saturated carbocycles. The van der Waals surface area contributed by atoms with Crippen LogP contribution >= 0.6 is 0 Å². The maximum absolute atomic E-state index is 13.8. The van der Waals surface area contributed by atoms with E-state index in [0.29, 0.717) is 5.75 Å². The van der Waals surface area contributed by atoms with Crippen LogP contribution in [-0.4, -0.2) is 56.1 Å². The van der Waals surface area contributed by atoms with E-state index in [0.717, 1.165) is 5.56 Å². The van der Waals surface area contributed by atoms with Gasteiger partial charge < -0.3 is 24.6 Å². The summed E-state index contributed by atoms with van der Waals surface area (Å²) in [5.74, 6) is 0.367. The Morgan fingerprint density at radius 3 is 2.14 bits per heavy atom. The number of nitrogens with two attached hydrogens (primary N) is 1. The van der Waals surface area contributed by atoms with Crippen LogP contribution in [0.1, 0.15) is 40.2 Å². The molecule has 0 aromatic heterocycles. The molecular formula is C26H38N2O7S. The number of ether oxygens (including phenoxy) is 3.